The first-order valence-corrected chi connectivity index (χ1v) is 5.80. The number of aromatic carboxylic acids is 1. The van der Waals surface area contributed by atoms with Crippen molar-refractivity contribution < 1.29 is 14.8 Å². The Morgan fingerprint density at radius 1 is 1.39 bits per heavy atom. The van der Waals surface area contributed by atoms with E-state index >= 15 is 0 Å². The maximum Gasteiger partial charge on any atom is 0.335 e. The maximum absolute atomic E-state index is 10.8. The molecule has 1 fully saturated rings. The van der Waals surface area contributed by atoms with Gasteiger partial charge in [-0.25, -0.2) is 4.79 Å². The smallest absolute Gasteiger partial charge is 0.335 e. The second kappa shape index (κ2) is 5.03. The Morgan fingerprint density at radius 2 is 2.06 bits per heavy atom. The highest BCUT2D eigenvalue weighted by atomic mass is 16.6. The van der Waals surface area contributed by atoms with Crippen LogP contribution >= 0.6 is 0 Å². The third-order valence-electron chi connectivity index (χ3n) is 3.17. The Balaban J connectivity index is 2.11. The van der Waals surface area contributed by atoms with E-state index in [-0.39, 0.29) is 10.5 Å². The van der Waals surface area contributed by atoms with E-state index in [0.717, 1.165) is 18.7 Å². The molecule has 1 N–H and O–H groups in total. The molecule has 6 heteroatoms. The molecule has 1 aliphatic rings. The molecule has 96 valence electrons. The summed E-state index contributed by atoms with van der Waals surface area (Å²) < 4.78 is 0. The first-order valence-electron chi connectivity index (χ1n) is 5.80. The van der Waals surface area contributed by atoms with E-state index in [1.165, 1.54) is 12.1 Å². The van der Waals surface area contributed by atoms with Crippen molar-refractivity contribution >= 4 is 11.7 Å². The van der Waals surface area contributed by atoms with Crippen molar-refractivity contribution in [2.24, 2.45) is 0 Å². The van der Waals surface area contributed by atoms with Gasteiger partial charge in [0.25, 0.3) is 0 Å². The predicted molar refractivity (Wildman–Crippen MR) is 65.6 cm³/mol. The van der Waals surface area contributed by atoms with E-state index in [0.29, 0.717) is 13.0 Å². The lowest BCUT2D eigenvalue weighted by molar-refractivity contribution is -0.521. The molecule has 2 rings (SSSR count). The summed E-state index contributed by atoms with van der Waals surface area (Å²) in [6, 6.07) is 5.91. The summed E-state index contributed by atoms with van der Waals surface area (Å²) in [5, 5.41) is 19.6. The minimum absolute atomic E-state index is 0.224. The van der Waals surface area contributed by atoms with E-state index in [1.807, 2.05) is 4.90 Å². The zero-order valence-corrected chi connectivity index (χ0v) is 9.78. The predicted octanol–water partition coefficient (Wildman–Crippen LogP) is 1.63. The maximum atomic E-state index is 10.8. The summed E-state index contributed by atoms with van der Waals surface area (Å²) in [4.78, 5) is 23.2. The molecular formula is C12H14N2O4. The quantitative estimate of drug-likeness (QED) is 0.651. The van der Waals surface area contributed by atoms with E-state index in [2.05, 4.69) is 0 Å². The summed E-state index contributed by atoms with van der Waals surface area (Å²) in [5.41, 5.74) is 1.06. The molecule has 0 spiro atoms. The molecule has 6 nitrogen and oxygen atoms in total. The Kier molecular flexibility index (Phi) is 3.45. The van der Waals surface area contributed by atoms with Gasteiger partial charge in [-0.05, 0) is 30.7 Å². The molecule has 1 aromatic carbocycles. The summed E-state index contributed by atoms with van der Waals surface area (Å²) >= 11 is 0. The average molecular weight is 250 g/mol. The first kappa shape index (κ1) is 12.3. The largest absolute Gasteiger partial charge is 0.478 e. The molecule has 1 saturated heterocycles. The van der Waals surface area contributed by atoms with Gasteiger partial charge in [0.15, 0.2) is 0 Å². The van der Waals surface area contributed by atoms with Crippen molar-refractivity contribution in [1.29, 1.82) is 0 Å². The fourth-order valence-electron chi connectivity index (χ4n) is 2.18. The zero-order valence-electron chi connectivity index (χ0n) is 9.78. The second-order valence-electron chi connectivity index (χ2n) is 4.38. The number of rotatable bonds is 3. The highest BCUT2D eigenvalue weighted by Crippen LogP contribution is 2.21. The van der Waals surface area contributed by atoms with Crippen LogP contribution in [0.25, 0.3) is 0 Å². The van der Waals surface area contributed by atoms with Gasteiger partial charge in [-0.1, -0.05) is 0 Å². The van der Waals surface area contributed by atoms with Crippen LogP contribution in [0.15, 0.2) is 24.3 Å². The van der Waals surface area contributed by atoms with Crippen molar-refractivity contribution in [3.05, 3.63) is 39.9 Å². The number of benzene rings is 1. The van der Waals surface area contributed by atoms with Crippen LogP contribution in [0.4, 0.5) is 5.69 Å². The van der Waals surface area contributed by atoms with Gasteiger partial charge in [-0.3, -0.25) is 10.1 Å². The molecule has 1 unspecified atom stereocenters. The number of carbonyl (C=O) groups is 1. The molecule has 0 saturated carbocycles. The van der Waals surface area contributed by atoms with Crippen molar-refractivity contribution in [1.82, 2.24) is 0 Å². The molecule has 0 aromatic heterocycles. The van der Waals surface area contributed by atoms with E-state index in [9.17, 15) is 14.9 Å². The van der Waals surface area contributed by atoms with Crippen LogP contribution in [0.2, 0.25) is 0 Å². The standard InChI is InChI=1S/C12H14N2O4/c15-12(16)9-3-5-10(6-4-9)13-7-1-2-11(8-13)14(17)18/h3-6,11H,1-2,7-8H2,(H,15,16). The van der Waals surface area contributed by atoms with E-state index in [4.69, 9.17) is 5.11 Å². The molecule has 0 radical (unpaired) electrons. The lowest BCUT2D eigenvalue weighted by atomic mass is 10.1. The summed E-state index contributed by atoms with van der Waals surface area (Å²) in [7, 11) is 0. The van der Waals surface area contributed by atoms with Gasteiger partial charge in [0, 0.05) is 23.6 Å². The second-order valence-corrected chi connectivity index (χ2v) is 4.38. The van der Waals surface area contributed by atoms with Crippen LogP contribution in [0.3, 0.4) is 0 Å². The fraction of sp³-hybridized carbons (Fsp3) is 0.417. The highest BCUT2D eigenvalue weighted by molar-refractivity contribution is 5.88. The monoisotopic (exact) mass is 250 g/mol. The summed E-state index contributed by atoms with van der Waals surface area (Å²) in [5.74, 6) is -0.969. The van der Waals surface area contributed by atoms with Crippen molar-refractivity contribution in [2.45, 2.75) is 18.9 Å². The zero-order chi connectivity index (χ0) is 13.1. The number of nitro groups is 1. The molecule has 1 aliphatic heterocycles. The normalized spacial score (nSPS) is 19.6. The van der Waals surface area contributed by atoms with Gasteiger partial charge in [0.2, 0.25) is 6.04 Å². The topological polar surface area (TPSA) is 83.7 Å². The molecule has 18 heavy (non-hydrogen) atoms. The number of carboxylic acid groups (broad SMARTS) is 1. The van der Waals surface area contributed by atoms with Gasteiger partial charge >= 0.3 is 5.97 Å². The number of anilines is 1. The molecule has 1 atom stereocenters. The lowest BCUT2D eigenvalue weighted by Gasteiger charge is -2.30. The number of hydrogen-bond acceptors (Lipinski definition) is 4. The minimum Gasteiger partial charge on any atom is -0.478 e. The van der Waals surface area contributed by atoms with Gasteiger partial charge in [-0.15, -0.1) is 0 Å². The van der Waals surface area contributed by atoms with Crippen LogP contribution in [-0.4, -0.2) is 35.1 Å². The molecular weight excluding hydrogens is 236 g/mol. The minimum atomic E-state index is -0.969. The Bertz CT molecular complexity index is 458. The summed E-state index contributed by atoms with van der Waals surface area (Å²) in [6.45, 7) is 1.16. The average Bonchev–Trinajstić information content (AvgIpc) is 2.39. The molecule has 1 aromatic rings. The Hall–Kier alpha value is -2.11. The van der Waals surface area contributed by atoms with Crippen LogP contribution in [0, 0.1) is 10.1 Å². The molecule has 1 heterocycles. The van der Waals surface area contributed by atoms with Gasteiger partial charge < -0.3 is 10.0 Å². The SMILES string of the molecule is O=C(O)c1ccc(N2CCCC([N+](=O)[O-])C2)cc1. The third-order valence-corrected chi connectivity index (χ3v) is 3.17. The van der Waals surface area contributed by atoms with Gasteiger partial charge in [0.05, 0.1) is 12.1 Å². The molecule has 0 amide bonds. The third kappa shape index (κ3) is 2.58. The van der Waals surface area contributed by atoms with Crippen LogP contribution in [0.5, 0.6) is 0 Å². The van der Waals surface area contributed by atoms with Crippen LogP contribution in [0.1, 0.15) is 23.2 Å². The van der Waals surface area contributed by atoms with Gasteiger partial charge in [-0.2, -0.15) is 0 Å². The molecule has 0 bridgehead atoms. The van der Waals surface area contributed by atoms with Crippen molar-refractivity contribution in [2.75, 3.05) is 18.0 Å². The lowest BCUT2D eigenvalue weighted by Crippen LogP contribution is -2.42. The Morgan fingerprint density at radius 3 is 2.61 bits per heavy atom. The van der Waals surface area contributed by atoms with Crippen molar-refractivity contribution in [3.63, 3.8) is 0 Å². The number of nitrogens with zero attached hydrogens (tertiary/aromatic N) is 2. The van der Waals surface area contributed by atoms with Gasteiger partial charge in [0.1, 0.15) is 0 Å². The number of carboxylic acids is 1. The molecule has 0 aliphatic carbocycles. The number of piperidine rings is 1. The Labute approximate surface area is 104 Å². The van der Waals surface area contributed by atoms with E-state index < -0.39 is 12.0 Å². The first-order chi connectivity index (χ1) is 8.58. The van der Waals surface area contributed by atoms with Crippen LogP contribution < -0.4 is 4.90 Å². The highest BCUT2D eigenvalue weighted by Gasteiger charge is 2.28. The number of hydrogen-bond donors (Lipinski definition) is 1. The summed E-state index contributed by atoms with van der Waals surface area (Å²) in [6.07, 6.45) is 1.39. The van der Waals surface area contributed by atoms with E-state index in [1.54, 1.807) is 12.1 Å². The van der Waals surface area contributed by atoms with Crippen LogP contribution in [-0.2, 0) is 0 Å². The fourth-order valence-corrected chi connectivity index (χ4v) is 2.18. The van der Waals surface area contributed by atoms with Crippen molar-refractivity contribution in [3.8, 4) is 0 Å².